The maximum atomic E-state index is 12.5. The Morgan fingerprint density at radius 2 is 0.957 bits per heavy atom. The summed E-state index contributed by atoms with van der Waals surface area (Å²) in [6, 6.07) is 6.15. The van der Waals surface area contributed by atoms with Crippen molar-refractivity contribution in [3.63, 3.8) is 0 Å². The van der Waals surface area contributed by atoms with Crippen LogP contribution in [-0.2, 0) is 14.2 Å². The van der Waals surface area contributed by atoms with Crippen LogP contribution in [0.15, 0.2) is 24.3 Å². The van der Waals surface area contributed by atoms with Crippen molar-refractivity contribution >= 4 is 18.6 Å². The van der Waals surface area contributed by atoms with Crippen LogP contribution in [0.25, 0.3) is 0 Å². The van der Waals surface area contributed by atoms with E-state index in [0.29, 0.717) is 29.4 Å². The van der Waals surface area contributed by atoms with Crippen LogP contribution in [0.5, 0.6) is 5.75 Å². The second kappa shape index (κ2) is 31.5. The van der Waals surface area contributed by atoms with E-state index in [2.05, 4.69) is 20.6 Å². The van der Waals surface area contributed by atoms with Crippen LogP contribution in [0, 0.1) is 5.21 Å². The van der Waals surface area contributed by atoms with Gasteiger partial charge in [-0.25, -0.2) is 4.79 Å². The molecule has 0 saturated heterocycles. The normalized spacial score (nSPS) is 11.3. The van der Waals surface area contributed by atoms with Crippen molar-refractivity contribution in [2.24, 2.45) is 0 Å². The minimum Gasteiger partial charge on any atom is -0.619 e. The first-order valence-electron chi connectivity index (χ1n) is 19.0. The Labute approximate surface area is 282 Å². The molecule has 0 bridgehead atoms. The van der Waals surface area contributed by atoms with E-state index in [1.807, 2.05) is 0 Å². The molecular weight excluding hydrogens is 578 g/mol. The largest absolute Gasteiger partial charge is 0.619 e. The predicted octanol–water partition coefficient (Wildman–Crippen LogP) is 11.8. The summed E-state index contributed by atoms with van der Waals surface area (Å²) in [5, 5.41) is 11.3. The molecule has 0 fully saturated rings. The van der Waals surface area contributed by atoms with E-state index < -0.39 is 12.3 Å². The molecule has 0 aromatic heterocycles. The van der Waals surface area contributed by atoms with Crippen LogP contribution < -0.4 is 4.74 Å². The number of ether oxygens (including phenoxy) is 4. The molecule has 0 saturated carbocycles. The van der Waals surface area contributed by atoms with Crippen LogP contribution >= 0.6 is 0 Å². The monoisotopic (exact) mass is 648 g/mol. The van der Waals surface area contributed by atoms with Crippen LogP contribution in [-0.4, -0.2) is 50.1 Å². The second-order valence-corrected chi connectivity index (χ2v) is 12.9. The standard InChI is InChI=1S/C39H69NO6/c1-4-6-8-10-12-14-16-18-20-22-24-26-32-43-34-38(46-39(41)45-37-30-28-36(29-31-37)40(3)42)35-44-33-27-25-23-21-19-17-15-13-11-9-7-5-2/h28-31,38H,3-27,32-35H2,1-2H3. The lowest BCUT2D eigenvalue weighted by molar-refractivity contribution is -0.349. The van der Waals surface area contributed by atoms with Crippen molar-refractivity contribution in [2.75, 3.05) is 26.4 Å². The van der Waals surface area contributed by atoms with E-state index in [9.17, 15) is 10.0 Å². The van der Waals surface area contributed by atoms with Gasteiger partial charge in [0.2, 0.25) is 5.69 Å². The molecule has 0 spiro atoms. The second-order valence-electron chi connectivity index (χ2n) is 12.9. The van der Waals surface area contributed by atoms with Gasteiger partial charge in [0.05, 0.1) is 13.2 Å². The maximum Gasteiger partial charge on any atom is 0.514 e. The summed E-state index contributed by atoms with van der Waals surface area (Å²) in [5.74, 6) is 0.296. The van der Waals surface area contributed by atoms with Crippen LogP contribution in [0.3, 0.4) is 0 Å². The topological polar surface area (TPSA) is 80.1 Å². The fourth-order valence-corrected chi connectivity index (χ4v) is 5.57. The third kappa shape index (κ3) is 26.0. The van der Waals surface area contributed by atoms with Gasteiger partial charge in [-0.05, 0) is 25.0 Å². The van der Waals surface area contributed by atoms with Gasteiger partial charge in [-0.3, -0.25) is 0 Å². The third-order valence-corrected chi connectivity index (χ3v) is 8.48. The zero-order valence-electron chi connectivity index (χ0n) is 29.8. The zero-order valence-corrected chi connectivity index (χ0v) is 29.8. The van der Waals surface area contributed by atoms with E-state index in [1.54, 1.807) is 0 Å². The highest BCUT2D eigenvalue weighted by Crippen LogP contribution is 2.18. The summed E-state index contributed by atoms with van der Waals surface area (Å²) >= 11 is 0. The van der Waals surface area contributed by atoms with Gasteiger partial charge in [-0.2, -0.15) is 4.74 Å². The predicted molar refractivity (Wildman–Crippen MR) is 192 cm³/mol. The maximum absolute atomic E-state index is 12.5. The number of hydrogen-bond donors (Lipinski definition) is 0. The average Bonchev–Trinajstić information content (AvgIpc) is 3.05. The van der Waals surface area contributed by atoms with Gasteiger partial charge in [-0.15, -0.1) is 0 Å². The number of benzene rings is 1. The molecule has 1 aromatic rings. The van der Waals surface area contributed by atoms with Crippen molar-refractivity contribution in [2.45, 2.75) is 174 Å². The lowest BCUT2D eigenvalue weighted by atomic mass is 10.1. The van der Waals surface area contributed by atoms with Crippen molar-refractivity contribution in [3.05, 3.63) is 29.5 Å². The first-order chi connectivity index (χ1) is 22.6. The molecule has 1 aromatic carbocycles. The summed E-state index contributed by atoms with van der Waals surface area (Å²) in [6.07, 6.45) is 29.9. The van der Waals surface area contributed by atoms with Crippen LogP contribution in [0.1, 0.15) is 168 Å². The van der Waals surface area contributed by atoms with E-state index in [1.165, 1.54) is 153 Å². The molecule has 1 rings (SSSR count). The molecule has 7 heteroatoms. The molecule has 0 unspecified atom stereocenters. The minimum atomic E-state index is -0.811. The minimum absolute atomic E-state index is 0.275. The molecule has 0 aliphatic rings. The summed E-state index contributed by atoms with van der Waals surface area (Å²) in [6.45, 7) is 9.68. The van der Waals surface area contributed by atoms with Gasteiger partial charge in [0.15, 0.2) is 6.10 Å². The Kier molecular flexibility index (Phi) is 28.7. The van der Waals surface area contributed by atoms with Gasteiger partial charge < -0.3 is 24.2 Å². The van der Waals surface area contributed by atoms with Gasteiger partial charge in [0.1, 0.15) is 12.5 Å². The molecule has 0 aliphatic carbocycles. The van der Waals surface area contributed by atoms with Gasteiger partial charge in [-0.1, -0.05) is 155 Å². The highest BCUT2D eigenvalue weighted by Gasteiger charge is 2.17. The van der Waals surface area contributed by atoms with Crippen molar-refractivity contribution in [1.82, 2.24) is 0 Å². The lowest BCUT2D eigenvalue weighted by Crippen LogP contribution is -2.30. The number of carbonyl (C=O) groups is 1. The molecular formula is C39H69NO6. The smallest absolute Gasteiger partial charge is 0.514 e. The molecule has 266 valence electrons. The fourth-order valence-electron chi connectivity index (χ4n) is 5.57. The highest BCUT2D eigenvalue weighted by molar-refractivity contribution is 5.64. The molecule has 0 aliphatic heterocycles. The van der Waals surface area contributed by atoms with Crippen molar-refractivity contribution < 1.29 is 28.5 Å². The fraction of sp³-hybridized carbons (Fsp3) is 0.795. The number of hydrogen-bond acceptors (Lipinski definition) is 6. The number of carbonyl (C=O) groups excluding carboxylic acids is 1. The molecule has 0 atom stereocenters. The van der Waals surface area contributed by atoms with E-state index in [0.717, 1.165) is 25.7 Å². The van der Waals surface area contributed by atoms with E-state index in [4.69, 9.17) is 18.9 Å². The third-order valence-electron chi connectivity index (χ3n) is 8.48. The molecule has 0 radical (unpaired) electrons. The highest BCUT2D eigenvalue weighted by atomic mass is 16.7. The SMILES string of the molecule is C=[N+]([O-])c1ccc(OC(=O)OC(COCCCCCCCCCCCCCC)COCCCCCCCCCCCCCC)cc1. The average molecular weight is 648 g/mol. The Bertz CT molecular complexity index is 798. The zero-order chi connectivity index (χ0) is 33.3. The van der Waals surface area contributed by atoms with Crippen LogP contribution in [0.4, 0.5) is 10.5 Å². The Balaban J connectivity index is 2.24. The number of nitrogens with zero attached hydrogens (tertiary/aromatic N) is 1. The van der Waals surface area contributed by atoms with Gasteiger partial charge in [0, 0.05) is 25.3 Å². The number of unbranched alkanes of at least 4 members (excludes halogenated alkanes) is 22. The quantitative estimate of drug-likeness (QED) is 0.0144. The number of rotatable bonds is 33. The Hall–Kier alpha value is -2.12. The van der Waals surface area contributed by atoms with Gasteiger partial charge in [0.25, 0.3) is 0 Å². The van der Waals surface area contributed by atoms with Crippen LogP contribution in [0.2, 0.25) is 0 Å². The van der Waals surface area contributed by atoms with Crippen molar-refractivity contribution in [3.8, 4) is 5.75 Å². The summed E-state index contributed by atoms with van der Waals surface area (Å²) < 4.78 is 23.2. The van der Waals surface area contributed by atoms with E-state index in [-0.39, 0.29) is 13.2 Å². The summed E-state index contributed by atoms with van der Waals surface area (Å²) in [5.41, 5.74) is 0.371. The molecule has 0 amide bonds. The Morgan fingerprint density at radius 3 is 1.30 bits per heavy atom. The summed E-state index contributed by atoms with van der Waals surface area (Å²) in [4.78, 5) is 12.5. The molecule has 7 nitrogen and oxygen atoms in total. The first kappa shape index (κ1) is 41.9. The van der Waals surface area contributed by atoms with Crippen molar-refractivity contribution in [1.29, 1.82) is 0 Å². The first-order valence-corrected chi connectivity index (χ1v) is 19.0. The summed E-state index contributed by atoms with van der Waals surface area (Å²) in [7, 11) is 0. The lowest BCUT2D eigenvalue weighted by Gasteiger charge is -2.18. The van der Waals surface area contributed by atoms with E-state index >= 15 is 0 Å². The molecule has 0 heterocycles. The molecule has 46 heavy (non-hydrogen) atoms. The van der Waals surface area contributed by atoms with Gasteiger partial charge >= 0.3 is 6.16 Å². The molecule has 0 N–H and O–H groups in total. The Morgan fingerprint density at radius 1 is 0.609 bits per heavy atom.